The van der Waals surface area contributed by atoms with Gasteiger partial charge in [-0.05, 0) is 27.7 Å². The molecule has 0 aliphatic carbocycles. The van der Waals surface area contributed by atoms with Gasteiger partial charge in [0, 0.05) is 5.57 Å². The van der Waals surface area contributed by atoms with Crippen LogP contribution in [0.25, 0.3) is 0 Å². The number of ether oxygens (including phenoxy) is 1. The van der Waals surface area contributed by atoms with Gasteiger partial charge in [0.25, 0.3) is 0 Å². The number of hydrogen-bond acceptors (Lipinski definition) is 5. The molecule has 0 aromatic carbocycles. The molecule has 0 rings (SSSR count). The van der Waals surface area contributed by atoms with Gasteiger partial charge >= 0.3 is 13.6 Å². The van der Waals surface area contributed by atoms with Gasteiger partial charge in [0.1, 0.15) is 0 Å². The number of allylic oxidation sites excluding steroid dienone is 1. The summed E-state index contributed by atoms with van der Waals surface area (Å²) in [7, 11) is -3.12. The van der Waals surface area contributed by atoms with Gasteiger partial charge in [0.05, 0.1) is 26.0 Å². The van der Waals surface area contributed by atoms with E-state index >= 15 is 0 Å². The summed E-state index contributed by atoms with van der Waals surface area (Å²) >= 11 is 0. The first-order chi connectivity index (χ1) is 7.99. The third kappa shape index (κ3) is 6.61. The lowest BCUT2D eigenvalue weighted by Crippen LogP contribution is -2.06. The van der Waals surface area contributed by atoms with Gasteiger partial charge in [-0.3, -0.25) is 4.57 Å². The second kappa shape index (κ2) is 8.45. The van der Waals surface area contributed by atoms with Crippen LogP contribution in [0, 0.1) is 0 Å². The minimum Gasteiger partial charge on any atom is -0.463 e. The molecule has 5 nitrogen and oxygen atoms in total. The third-order valence-electron chi connectivity index (χ3n) is 1.87. The van der Waals surface area contributed by atoms with E-state index in [4.69, 9.17) is 13.8 Å². The third-order valence-corrected chi connectivity index (χ3v) is 3.80. The zero-order valence-electron chi connectivity index (χ0n) is 10.9. The normalized spacial score (nSPS) is 12.6. The SMILES string of the molecule is CCOC(=O)/C(C)=C/CP(=O)(OCC)OCC. The Morgan fingerprint density at radius 2 is 1.65 bits per heavy atom. The minimum atomic E-state index is -3.12. The monoisotopic (exact) mass is 264 g/mol. The molecule has 0 aliphatic heterocycles. The summed E-state index contributed by atoms with van der Waals surface area (Å²) in [6, 6.07) is 0. The highest BCUT2D eigenvalue weighted by molar-refractivity contribution is 7.54. The minimum absolute atomic E-state index is 0.0827. The maximum atomic E-state index is 12.1. The van der Waals surface area contributed by atoms with Crippen molar-refractivity contribution in [2.45, 2.75) is 27.7 Å². The molecule has 0 bridgehead atoms. The summed E-state index contributed by atoms with van der Waals surface area (Å²) in [5, 5.41) is 0. The molecular weight excluding hydrogens is 243 g/mol. The highest BCUT2D eigenvalue weighted by Gasteiger charge is 2.22. The van der Waals surface area contributed by atoms with Crippen molar-refractivity contribution >= 4 is 13.6 Å². The Labute approximate surface area is 103 Å². The number of carbonyl (C=O) groups is 1. The number of carbonyl (C=O) groups excluding carboxylic acids is 1. The Morgan fingerprint density at radius 1 is 1.12 bits per heavy atom. The smallest absolute Gasteiger partial charge is 0.334 e. The van der Waals surface area contributed by atoms with E-state index in [2.05, 4.69) is 0 Å². The summed E-state index contributed by atoms with van der Waals surface area (Å²) in [4.78, 5) is 11.3. The fourth-order valence-corrected chi connectivity index (χ4v) is 2.68. The van der Waals surface area contributed by atoms with Crippen molar-refractivity contribution in [1.82, 2.24) is 0 Å². The zero-order valence-corrected chi connectivity index (χ0v) is 11.8. The van der Waals surface area contributed by atoms with Crippen LogP contribution in [-0.2, 0) is 23.1 Å². The van der Waals surface area contributed by atoms with Crippen molar-refractivity contribution in [1.29, 1.82) is 0 Å². The van der Waals surface area contributed by atoms with Crippen molar-refractivity contribution in [3.8, 4) is 0 Å². The predicted molar refractivity (Wildman–Crippen MR) is 66.1 cm³/mol. The average molecular weight is 264 g/mol. The standard InChI is InChI=1S/C11H21O5P/c1-5-14-11(12)10(4)8-9-17(13,15-6-2)16-7-3/h8H,5-7,9H2,1-4H3/b10-8+. The van der Waals surface area contributed by atoms with Gasteiger partial charge in [-0.25, -0.2) is 4.79 Å². The molecule has 0 saturated heterocycles. The predicted octanol–water partition coefficient (Wildman–Crippen LogP) is 2.76. The Bertz CT molecular complexity index is 301. The van der Waals surface area contributed by atoms with Crippen molar-refractivity contribution in [3.63, 3.8) is 0 Å². The van der Waals surface area contributed by atoms with E-state index in [1.807, 2.05) is 0 Å². The lowest BCUT2D eigenvalue weighted by molar-refractivity contribution is -0.138. The van der Waals surface area contributed by atoms with Crippen LogP contribution in [0.5, 0.6) is 0 Å². The maximum Gasteiger partial charge on any atom is 0.334 e. The molecule has 0 fully saturated rings. The van der Waals surface area contributed by atoms with Gasteiger partial charge in [-0.2, -0.15) is 0 Å². The van der Waals surface area contributed by atoms with Gasteiger partial charge < -0.3 is 13.8 Å². The van der Waals surface area contributed by atoms with Crippen molar-refractivity contribution in [2.24, 2.45) is 0 Å². The van der Waals surface area contributed by atoms with Crippen LogP contribution in [0.4, 0.5) is 0 Å². The molecule has 0 amide bonds. The van der Waals surface area contributed by atoms with Crippen molar-refractivity contribution in [2.75, 3.05) is 26.0 Å². The molecule has 0 radical (unpaired) electrons. The van der Waals surface area contributed by atoms with E-state index in [1.165, 1.54) is 6.08 Å². The maximum absolute atomic E-state index is 12.1. The zero-order chi connectivity index (χ0) is 13.3. The number of rotatable bonds is 8. The van der Waals surface area contributed by atoms with Crippen LogP contribution in [0.15, 0.2) is 11.6 Å². The largest absolute Gasteiger partial charge is 0.463 e. The van der Waals surface area contributed by atoms with E-state index in [1.54, 1.807) is 27.7 Å². The second-order valence-electron chi connectivity index (χ2n) is 3.24. The van der Waals surface area contributed by atoms with Gasteiger partial charge in [-0.1, -0.05) is 6.08 Å². The first-order valence-electron chi connectivity index (χ1n) is 5.71. The quantitative estimate of drug-likeness (QED) is 0.383. The van der Waals surface area contributed by atoms with E-state index in [0.717, 1.165) is 0 Å². The Balaban J connectivity index is 4.52. The lowest BCUT2D eigenvalue weighted by Gasteiger charge is -2.15. The van der Waals surface area contributed by atoms with Crippen LogP contribution in [0.1, 0.15) is 27.7 Å². The Morgan fingerprint density at radius 3 is 2.06 bits per heavy atom. The average Bonchev–Trinajstić information content (AvgIpc) is 2.27. The molecule has 6 heteroatoms. The Kier molecular flexibility index (Phi) is 8.13. The molecule has 17 heavy (non-hydrogen) atoms. The van der Waals surface area contributed by atoms with E-state index < -0.39 is 13.6 Å². The molecule has 0 unspecified atom stereocenters. The van der Waals surface area contributed by atoms with Gasteiger partial charge in [-0.15, -0.1) is 0 Å². The first kappa shape index (κ1) is 16.4. The topological polar surface area (TPSA) is 61.8 Å². The summed E-state index contributed by atoms with van der Waals surface area (Å²) in [5.74, 6) is -0.410. The van der Waals surface area contributed by atoms with E-state index in [9.17, 15) is 9.36 Å². The fraction of sp³-hybridized carbons (Fsp3) is 0.727. The number of esters is 1. The molecule has 0 aromatic rings. The Hall–Kier alpha value is -0.640. The van der Waals surface area contributed by atoms with E-state index in [0.29, 0.717) is 25.4 Å². The highest BCUT2D eigenvalue weighted by Crippen LogP contribution is 2.48. The lowest BCUT2D eigenvalue weighted by atomic mass is 10.3. The molecule has 100 valence electrons. The van der Waals surface area contributed by atoms with Crippen molar-refractivity contribution < 1.29 is 23.1 Å². The molecule has 0 saturated carbocycles. The first-order valence-corrected chi connectivity index (χ1v) is 7.43. The summed E-state index contributed by atoms with van der Waals surface area (Å²) < 4.78 is 27.1. The second-order valence-corrected chi connectivity index (χ2v) is 5.34. The van der Waals surface area contributed by atoms with Crippen molar-refractivity contribution in [3.05, 3.63) is 11.6 Å². The van der Waals surface area contributed by atoms with Gasteiger partial charge in [0.2, 0.25) is 0 Å². The molecule has 0 spiro atoms. The van der Waals surface area contributed by atoms with E-state index in [-0.39, 0.29) is 6.16 Å². The number of hydrogen-bond donors (Lipinski definition) is 0. The summed E-state index contributed by atoms with van der Waals surface area (Å²) in [6.07, 6.45) is 1.61. The van der Waals surface area contributed by atoms with Gasteiger partial charge in [0.15, 0.2) is 0 Å². The highest BCUT2D eigenvalue weighted by atomic mass is 31.2. The molecule has 0 atom stereocenters. The molecule has 0 heterocycles. The summed E-state index contributed by atoms with van der Waals surface area (Å²) in [6.45, 7) is 7.77. The van der Waals surface area contributed by atoms with Crippen LogP contribution >= 0.6 is 7.60 Å². The summed E-state index contributed by atoms with van der Waals surface area (Å²) in [5.41, 5.74) is 0.409. The molecule has 0 aromatic heterocycles. The van der Waals surface area contributed by atoms with Crippen LogP contribution < -0.4 is 0 Å². The molecule has 0 aliphatic rings. The molecular formula is C11H21O5P. The van der Waals surface area contributed by atoms with Crippen LogP contribution in [0.3, 0.4) is 0 Å². The fourth-order valence-electron chi connectivity index (χ4n) is 1.11. The van der Waals surface area contributed by atoms with Crippen LogP contribution in [0.2, 0.25) is 0 Å². The molecule has 0 N–H and O–H groups in total. The van der Waals surface area contributed by atoms with Crippen LogP contribution in [-0.4, -0.2) is 32.0 Å².